The van der Waals surface area contributed by atoms with E-state index in [0.29, 0.717) is 12.0 Å². The van der Waals surface area contributed by atoms with Gasteiger partial charge in [0.1, 0.15) is 11.6 Å². The number of halogens is 1. The molecule has 0 aliphatic carbocycles. The Balaban J connectivity index is 2.40. The monoisotopic (exact) mass is 195 g/mol. The van der Waals surface area contributed by atoms with Crippen molar-refractivity contribution in [2.45, 2.75) is 6.10 Å². The minimum absolute atomic E-state index is 0.168. The van der Waals surface area contributed by atoms with Gasteiger partial charge in [-0.05, 0) is 12.1 Å². The van der Waals surface area contributed by atoms with E-state index >= 15 is 0 Å². The predicted octanol–water partition coefficient (Wildman–Crippen LogP) is 0.724. The van der Waals surface area contributed by atoms with E-state index in [1.54, 1.807) is 0 Å². The molecule has 0 saturated carbocycles. The van der Waals surface area contributed by atoms with Gasteiger partial charge in [0.25, 0.3) is 5.91 Å². The highest BCUT2D eigenvalue weighted by Gasteiger charge is 2.26. The third kappa shape index (κ3) is 1.32. The van der Waals surface area contributed by atoms with E-state index in [-0.39, 0.29) is 5.75 Å². The van der Waals surface area contributed by atoms with Crippen molar-refractivity contribution < 1.29 is 18.7 Å². The fourth-order valence-electron chi connectivity index (χ4n) is 1.18. The molecular formula is C9H6FNO3. The van der Waals surface area contributed by atoms with Gasteiger partial charge in [-0.15, -0.1) is 0 Å². The van der Waals surface area contributed by atoms with Crippen LogP contribution in [0.5, 0.6) is 5.75 Å². The van der Waals surface area contributed by atoms with Crippen LogP contribution in [0.1, 0.15) is 0 Å². The Bertz CT molecular complexity index is 405. The number of benzene rings is 1. The fraction of sp³-hybridized carbons (Fsp3) is 0.111. The molecular weight excluding hydrogens is 189 g/mol. The van der Waals surface area contributed by atoms with Crippen molar-refractivity contribution >= 4 is 17.9 Å². The number of carbonyl (C=O) groups excluding carboxylic acids is 2. The van der Waals surface area contributed by atoms with E-state index in [4.69, 9.17) is 4.74 Å². The van der Waals surface area contributed by atoms with Crippen molar-refractivity contribution in [1.29, 1.82) is 0 Å². The smallest absolute Gasteiger partial charge is 0.273 e. The molecule has 1 atom stereocenters. The van der Waals surface area contributed by atoms with Crippen LogP contribution in [0.25, 0.3) is 0 Å². The Morgan fingerprint density at radius 1 is 1.50 bits per heavy atom. The Hall–Kier alpha value is -1.91. The third-order valence-electron chi connectivity index (χ3n) is 1.84. The average Bonchev–Trinajstić information content (AvgIpc) is 2.17. The predicted molar refractivity (Wildman–Crippen MR) is 45.5 cm³/mol. The summed E-state index contributed by atoms with van der Waals surface area (Å²) < 4.78 is 17.7. The van der Waals surface area contributed by atoms with Gasteiger partial charge in [-0.25, -0.2) is 4.39 Å². The molecule has 0 radical (unpaired) electrons. The number of anilines is 1. The van der Waals surface area contributed by atoms with Crippen molar-refractivity contribution in [3.8, 4) is 5.75 Å². The molecule has 1 heterocycles. The third-order valence-corrected chi connectivity index (χ3v) is 1.84. The number of aldehydes is 1. The zero-order chi connectivity index (χ0) is 10.1. The van der Waals surface area contributed by atoms with Crippen LogP contribution in [0, 0.1) is 5.82 Å². The number of hydrogen-bond donors (Lipinski definition) is 1. The highest BCUT2D eigenvalue weighted by Crippen LogP contribution is 2.29. The zero-order valence-corrected chi connectivity index (χ0v) is 6.99. The first-order valence-corrected chi connectivity index (χ1v) is 3.93. The first-order valence-electron chi connectivity index (χ1n) is 3.93. The molecule has 1 aromatic rings. The van der Waals surface area contributed by atoms with Crippen LogP contribution in [0.3, 0.4) is 0 Å². The minimum Gasteiger partial charge on any atom is -0.471 e. The summed E-state index contributed by atoms with van der Waals surface area (Å²) >= 11 is 0. The second-order valence-electron chi connectivity index (χ2n) is 2.80. The van der Waals surface area contributed by atoms with Gasteiger partial charge >= 0.3 is 0 Å². The molecule has 0 saturated heterocycles. The molecule has 5 heteroatoms. The van der Waals surface area contributed by atoms with Gasteiger partial charge < -0.3 is 10.1 Å². The molecule has 1 aromatic carbocycles. The van der Waals surface area contributed by atoms with Crippen molar-refractivity contribution in [2.24, 2.45) is 0 Å². The lowest BCUT2D eigenvalue weighted by atomic mass is 10.2. The van der Waals surface area contributed by atoms with E-state index in [9.17, 15) is 14.0 Å². The van der Waals surface area contributed by atoms with Crippen LogP contribution >= 0.6 is 0 Å². The van der Waals surface area contributed by atoms with Crippen LogP contribution in [0.4, 0.5) is 10.1 Å². The van der Waals surface area contributed by atoms with Gasteiger partial charge in [-0.2, -0.15) is 0 Å². The van der Waals surface area contributed by atoms with Gasteiger partial charge in [0, 0.05) is 6.07 Å². The largest absolute Gasteiger partial charge is 0.471 e. The van der Waals surface area contributed by atoms with Crippen LogP contribution in [0.2, 0.25) is 0 Å². The molecule has 1 amide bonds. The summed E-state index contributed by atoms with van der Waals surface area (Å²) in [5, 5.41) is 2.43. The number of nitrogens with one attached hydrogen (secondary N) is 1. The summed E-state index contributed by atoms with van der Waals surface area (Å²) in [6.45, 7) is 0. The molecule has 1 aliphatic heterocycles. The van der Waals surface area contributed by atoms with Crippen molar-refractivity contribution in [1.82, 2.24) is 0 Å². The molecule has 0 spiro atoms. The highest BCUT2D eigenvalue weighted by molar-refractivity contribution is 6.05. The van der Waals surface area contributed by atoms with Crippen molar-refractivity contribution in [2.75, 3.05) is 5.32 Å². The van der Waals surface area contributed by atoms with E-state index < -0.39 is 17.8 Å². The van der Waals surface area contributed by atoms with Gasteiger partial charge in [0.2, 0.25) is 6.10 Å². The summed E-state index contributed by atoms with van der Waals surface area (Å²) in [5.74, 6) is -0.856. The SMILES string of the molecule is O=CC1Oc2cc(F)ccc2NC1=O. The Kier molecular flexibility index (Phi) is 1.92. The number of carbonyl (C=O) groups is 2. The Labute approximate surface area is 78.7 Å². The van der Waals surface area contributed by atoms with E-state index in [1.165, 1.54) is 12.1 Å². The van der Waals surface area contributed by atoms with Gasteiger partial charge in [0.15, 0.2) is 6.29 Å². The molecule has 0 aromatic heterocycles. The molecule has 4 nitrogen and oxygen atoms in total. The van der Waals surface area contributed by atoms with Crippen LogP contribution in [0.15, 0.2) is 18.2 Å². The molecule has 14 heavy (non-hydrogen) atoms. The quantitative estimate of drug-likeness (QED) is 0.530. The first kappa shape index (κ1) is 8.68. The minimum atomic E-state index is -1.19. The van der Waals surface area contributed by atoms with Crippen molar-refractivity contribution in [3.63, 3.8) is 0 Å². The first-order chi connectivity index (χ1) is 6.70. The highest BCUT2D eigenvalue weighted by atomic mass is 19.1. The number of ether oxygens (including phenoxy) is 1. The number of hydrogen-bond acceptors (Lipinski definition) is 3. The summed E-state index contributed by atoms with van der Waals surface area (Å²) in [6, 6.07) is 3.69. The van der Waals surface area contributed by atoms with Crippen LogP contribution in [-0.4, -0.2) is 18.3 Å². The van der Waals surface area contributed by atoms with Gasteiger partial charge in [0.05, 0.1) is 5.69 Å². The molecule has 0 fully saturated rings. The Morgan fingerprint density at radius 3 is 3.00 bits per heavy atom. The zero-order valence-electron chi connectivity index (χ0n) is 6.99. The van der Waals surface area contributed by atoms with Gasteiger partial charge in [-0.1, -0.05) is 0 Å². The number of amides is 1. The maximum atomic E-state index is 12.7. The lowest BCUT2D eigenvalue weighted by Crippen LogP contribution is -2.38. The number of rotatable bonds is 1. The Morgan fingerprint density at radius 2 is 2.29 bits per heavy atom. The van der Waals surface area contributed by atoms with Crippen LogP contribution < -0.4 is 10.1 Å². The summed E-state index contributed by atoms with van der Waals surface area (Å²) in [5.41, 5.74) is 0.370. The summed E-state index contributed by atoms with van der Waals surface area (Å²) in [6.07, 6.45) is -0.826. The van der Waals surface area contributed by atoms with Crippen LogP contribution in [-0.2, 0) is 9.59 Å². The lowest BCUT2D eigenvalue weighted by molar-refractivity contribution is -0.129. The normalized spacial score (nSPS) is 19.2. The maximum Gasteiger partial charge on any atom is 0.273 e. The van der Waals surface area contributed by atoms with Gasteiger partial charge in [-0.3, -0.25) is 9.59 Å². The summed E-state index contributed by atoms with van der Waals surface area (Å²) in [7, 11) is 0. The maximum absolute atomic E-state index is 12.7. The molecule has 72 valence electrons. The second kappa shape index (κ2) is 3.10. The standard InChI is InChI=1S/C9H6FNO3/c10-5-1-2-6-7(3-5)14-8(4-12)9(13)11-6/h1-4,8H,(H,11,13). The molecule has 2 rings (SSSR count). The molecule has 0 bridgehead atoms. The fourth-order valence-corrected chi connectivity index (χ4v) is 1.18. The molecule has 1 N–H and O–H groups in total. The van der Waals surface area contributed by atoms with Crippen molar-refractivity contribution in [3.05, 3.63) is 24.0 Å². The van der Waals surface area contributed by atoms with E-state index in [1.807, 2.05) is 0 Å². The molecule has 1 aliphatic rings. The topological polar surface area (TPSA) is 55.4 Å². The summed E-state index contributed by atoms with van der Waals surface area (Å²) in [4.78, 5) is 21.5. The molecule has 1 unspecified atom stereocenters. The lowest BCUT2D eigenvalue weighted by Gasteiger charge is -2.21. The number of fused-ring (bicyclic) bond motifs is 1. The van der Waals surface area contributed by atoms with E-state index in [0.717, 1.165) is 6.07 Å². The average molecular weight is 195 g/mol. The van der Waals surface area contributed by atoms with E-state index in [2.05, 4.69) is 5.32 Å². The second-order valence-corrected chi connectivity index (χ2v) is 2.80.